The number of rotatable bonds is 4. The van der Waals surface area contributed by atoms with Crippen LogP contribution in [0.15, 0.2) is 48.8 Å². The summed E-state index contributed by atoms with van der Waals surface area (Å²) >= 11 is 0. The van der Waals surface area contributed by atoms with E-state index in [4.69, 9.17) is 14.7 Å². The van der Waals surface area contributed by atoms with Gasteiger partial charge in [-0.3, -0.25) is 4.98 Å². The van der Waals surface area contributed by atoms with Gasteiger partial charge in [0, 0.05) is 48.8 Å². The molecule has 2 aromatic heterocycles. The van der Waals surface area contributed by atoms with Gasteiger partial charge in [-0.2, -0.15) is 4.98 Å². The van der Waals surface area contributed by atoms with E-state index in [9.17, 15) is 13.2 Å². The lowest BCUT2D eigenvalue weighted by molar-refractivity contribution is -0.274. The fourth-order valence-electron chi connectivity index (χ4n) is 4.00. The molecule has 5 rings (SSSR count). The molecule has 4 heterocycles. The molecule has 0 N–H and O–H groups in total. The van der Waals surface area contributed by atoms with E-state index in [0.29, 0.717) is 56.5 Å². The fourth-order valence-corrected chi connectivity index (χ4v) is 4.00. The van der Waals surface area contributed by atoms with Crippen molar-refractivity contribution in [1.82, 2.24) is 15.0 Å². The van der Waals surface area contributed by atoms with Crippen LogP contribution in [0.4, 0.5) is 30.6 Å². The van der Waals surface area contributed by atoms with E-state index in [0.717, 1.165) is 17.1 Å². The van der Waals surface area contributed by atoms with Crippen molar-refractivity contribution in [2.75, 3.05) is 42.6 Å². The Morgan fingerprint density at radius 1 is 0.969 bits per heavy atom. The van der Waals surface area contributed by atoms with Crippen molar-refractivity contribution in [3.05, 3.63) is 54.4 Å². The highest BCUT2D eigenvalue weighted by atomic mass is 19.4. The van der Waals surface area contributed by atoms with Gasteiger partial charge >= 0.3 is 6.36 Å². The molecule has 10 heteroatoms. The third kappa shape index (κ3) is 4.18. The molecule has 166 valence electrons. The SMILES string of the molecule is FC(F)(F)Oc1cccc(-c2nc(N3CCOCC3)nc3c2CCN3c2ccncc2)c1. The molecule has 2 aliphatic rings. The second-order valence-electron chi connectivity index (χ2n) is 7.46. The Morgan fingerprint density at radius 3 is 2.50 bits per heavy atom. The molecule has 0 spiro atoms. The monoisotopic (exact) mass is 443 g/mol. The minimum absolute atomic E-state index is 0.278. The van der Waals surface area contributed by atoms with Crippen molar-refractivity contribution < 1.29 is 22.6 Å². The minimum Gasteiger partial charge on any atom is -0.406 e. The summed E-state index contributed by atoms with van der Waals surface area (Å²) in [5.41, 5.74) is 3.01. The number of pyridine rings is 1. The predicted octanol–water partition coefficient (Wildman–Crippen LogP) is 3.97. The van der Waals surface area contributed by atoms with Crippen LogP contribution in [0.2, 0.25) is 0 Å². The lowest BCUT2D eigenvalue weighted by Gasteiger charge is -2.28. The molecule has 2 aliphatic heterocycles. The molecule has 0 saturated carbocycles. The molecule has 3 aromatic rings. The van der Waals surface area contributed by atoms with E-state index in [-0.39, 0.29) is 5.75 Å². The molecule has 7 nitrogen and oxygen atoms in total. The first kappa shape index (κ1) is 20.5. The number of halogens is 3. The Balaban J connectivity index is 1.61. The third-order valence-corrected chi connectivity index (χ3v) is 5.42. The first-order chi connectivity index (χ1) is 15.5. The minimum atomic E-state index is -4.76. The van der Waals surface area contributed by atoms with Crippen molar-refractivity contribution >= 4 is 17.5 Å². The summed E-state index contributed by atoms with van der Waals surface area (Å²) in [5.74, 6) is 1.01. The van der Waals surface area contributed by atoms with Crippen LogP contribution in [0.3, 0.4) is 0 Å². The van der Waals surface area contributed by atoms with Crippen molar-refractivity contribution in [2.45, 2.75) is 12.8 Å². The molecule has 0 radical (unpaired) electrons. The highest BCUT2D eigenvalue weighted by Gasteiger charge is 2.32. The number of benzene rings is 1. The van der Waals surface area contributed by atoms with E-state index in [1.54, 1.807) is 18.5 Å². The van der Waals surface area contributed by atoms with E-state index in [1.807, 2.05) is 17.0 Å². The van der Waals surface area contributed by atoms with Gasteiger partial charge in [0.05, 0.1) is 18.9 Å². The van der Waals surface area contributed by atoms with E-state index in [1.165, 1.54) is 18.2 Å². The molecule has 0 bridgehead atoms. The van der Waals surface area contributed by atoms with Gasteiger partial charge < -0.3 is 19.3 Å². The summed E-state index contributed by atoms with van der Waals surface area (Å²) < 4.78 is 47.9. The zero-order valence-corrected chi connectivity index (χ0v) is 17.0. The normalized spacial score (nSPS) is 16.2. The number of nitrogens with zero attached hydrogens (tertiary/aromatic N) is 5. The van der Waals surface area contributed by atoms with Crippen LogP contribution >= 0.6 is 0 Å². The summed E-state index contributed by atoms with van der Waals surface area (Å²) in [6.07, 6.45) is -0.656. The van der Waals surface area contributed by atoms with Crippen molar-refractivity contribution in [3.63, 3.8) is 0 Å². The van der Waals surface area contributed by atoms with Crippen molar-refractivity contribution in [2.24, 2.45) is 0 Å². The van der Waals surface area contributed by atoms with Gasteiger partial charge in [0.15, 0.2) is 0 Å². The molecular weight excluding hydrogens is 423 g/mol. The average molecular weight is 443 g/mol. The van der Waals surface area contributed by atoms with Gasteiger partial charge in [-0.1, -0.05) is 12.1 Å². The Kier molecular flexibility index (Phi) is 5.30. The maximum Gasteiger partial charge on any atom is 0.573 e. The molecule has 1 fully saturated rings. The van der Waals surface area contributed by atoms with Crippen LogP contribution in [-0.2, 0) is 11.2 Å². The molecular formula is C22H20F3N5O2. The summed E-state index contributed by atoms with van der Waals surface area (Å²) in [6.45, 7) is 3.11. The number of fused-ring (bicyclic) bond motifs is 1. The standard InChI is InChI=1S/C22H20F3N5O2/c23-22(24,25)32-17-3-1-2-15(14-17)19-18-6-9-30(16-4-7-26-8-5-16)20(18)28-21(27-19)29-10-12-31-13-11-29/h1-5,7-8,14H,6,9-13H2. The molecule has 0 aliphatic carbocycles. The second kappa shape index (κ2) is 8.27. The summed E-state index contributed by atoms with van der Waals surface area (Å²) in [5, 5.41) is 0. The number of alkyl halides is 3. The fraction of sp³-hybridized carbons (Fsp3) is 0.318. The zero-order chi connectivity index (χ0) is 22.1. The summed E-state index contributed by atoms with van der Waals surface area (Å²) in [7, 11) is 0. The lowest BCUT2D eigenvalue weighted by atomic mass is 10.1. The van der Waals surface area contributed by atoms with E-state index >= 15 is 0 Å². The Bertz CT molecular complexity index is 1100. The molecule has 0 amide bonds. The topological polar surface area (TPSA) is 63.6 Å². The molecule has 0 atom stereocenters. The highest BCUT2D eigenvalue weighted by Crippen LogP contribution is 2.40. The van der Waals surface area contributed by atoms with Crippen LogP contribution in [0.1, 0.15) is 5.56 Å². The second-order valence-corrected chi connectivity index (χ2v) is 7.46. The number of aromatic nitrogens is 3. The van der Waals surface area contributed by atoms with Gasteiger partial charge in [-0.15, -0.1) is 13.2 Å². The first-order valence-corrected chi connectivity index (χ1v) is 10.3. The number of ether oxygens (including phenoxy) is 2. The molecule has 32 heavy (non-hydrogen) atoms. The van der Waals surface area contributed by atoms with Crippen LogP contribution < -0.4 is 14.5 Å². The van der Waals surface area contributed by atoms with Gasteiger partial charge in [-0.05, 0) is 30.7 Å². The quantitative estimate of drug-likeness (QED) is 0.605. The Hall–Kier alpha value is -3.40. The van der Waals surface area contributed by atoms with E-state index in [2.05, 4.69) is 14.6 Å². The first-order valence-electron chi connectivity index (χ1n) is 10.3. The van der Waals surface area contributed by atoms with Crippen molar-refractivity contribution in [3.8, 4) is 17.0 Å². The number of anilines is 3. The Morgan fingerprint density at radius 2 is 1.75 bits per heavy atom. The predicted molar refractivity (Wildman–Crippen MR) is 112 cm³/mol. The third-order valence-electron chi connectivity index (χ3n) is 5.42. The maximum atomic E-state index is 12.8. The van der Waals surface area contributed by atoms with Crippen LogP contribution in [-0.4, -0.2) is 54.2 Å². The van der Waals surface area contributed by atoms with Crippen LogP contribution in [0, 0.1) is 0 Å². The van der Waals surface area contributed by atoms with Gasteiger partial charge in [0.2, 0.25) is 5.95 Å². The van der Waals surface area contributed by atoms with Gasteiger partial charge in [0.1, 0.15) is 11.6 Å². The maximum absolute atomic E-state index is 12.8. The number of hydrogen-bond acceptors (Lipinski definition) is 7. The summed E-state index contributed by atoms with van der Waals surface area (Å²) in [6, 6.07) is 9.74. The van der Waals surface area contributed by atoms with Crippen molar-refractivity contribution in [1.29, 1.82) is 0 Å². The molecule has 0 unspecified atom stereocenters. The highest BCUT2D eigenvalue weighted by molar-refractivity contribution is 5.77. The average Bonchev–Trinajstić information content (AvgIpc) is 3.23. The largest absolute Gasteiger partial charge is 0.573 e. The number of morpholine rings is 1. The lowest BCUT2D eigenvalue weighted by Crippen LogP contribution is -2.37. The molecule has 1 saturated heterocycles. The zero-order valence-electron chi connectivity index (χ0n) is 17.0. The van der Waals surface area contributed by atoms with E-state index < -0.39 is 6.36 Å². The van der Waals surface area contributed by atoms with Gasteiger partial charge in [0.25, 0.3) is 0 Å². The molecule has 1 aromatic carbocycles. The van der Waals surface area contributed by atoms with Crippen LogP contribution in [0.25, 0.3) is 11.3 Å². The van der Waals surface area contributed by atoms with Crippen LogP contribution in [0.5, 0.6) is 5.75 Å². The van der Waals surface area contributed by atoms with Gasteiger partial charge in [-0.25, -0.2) is 4.98 Å². The smallest absolute Gasteiger partial charge is 0.406 e. The number of hydrogen-bond donors (Lipinski definition) is 0. The summed E-state index contributed by atoms with van der Waals surface area (Å²) in [4.78, 5) is 17.8. The Labute approximate surface area is 182 Å².